The second-order valence-corrected chi connectivity index (χ2v) is 12.8. The van der Waals surface area contributed by atoms with Gasteiger partial charge < -0.3 is 9.80 Å². The molecule has 0 atom stereocenters. The van der Waals surface area contributed by atoms with Crippen LogP contribution in [0.2, 0.25) is 0 Å². The third-order valence-corrected chi connectivity index (χ3v) is 10.6. The Morgan fingerprint density at radius 3 is 1.79 bits per heavy atom. The third kappa shape index (κ3) is 4.04. The first-order chi connectivity index (χ1) is 23.2. The Morgan fingerprint density at radius 1 is 0.447 bits per heavy atom. The van der Waals surface area contributed by atoms with Crippen molar-refractivity contribution in [3.8, 4) is 22.3 Å². The molecule has 0 N–H and O–H groups in total. The van der Waals surface area contributed by atoms with Crippen LogP contribution < -0.4 is 9.80 Å². The first-order valence-corrected chi connectivity index (χ1v) is 16.8. The zero-order valence-electron chi connectivity index (χ0n) is 26.8. The zero-order chi connectivity index (χ0) is 31.5. The lowest BCUT2D eigenvalue weighted by Gasteiger charge is -2.42. The minimum Gasteiger partial charge on any atom is -0.306 e. The number of benzene rings is 7. The van der Waals surface area contributed by atoms with E-state index in [1.165, 1.54) is 66.9 Å². The van der Waals surface area contributed by atoms with Gasteiger partial charge in [0.25, 0.3) is 0 Å². The molecule has 1 aliphatic heterocycles. The van der Waals surface area contributed by atoms with Gasteiger partial charge in [-0.1, -0.05) is 123 Å². The van der Waals surface area contributed by atoms with E-state index in [-0.39, 0.29) is 5.41 Å². The minimum absolute atomic E-state index is 0.0197. The molecule has 2 aliphatic rings. The highest BCUT2D eigenvalue weighted by Crippen LogP contribution is 2.63. The number of hydrogen-bond acceptors (Lipinski definition) is 2. The van der Waals surface area contributed by atoms with Crippen LogP contribution in [0.1, 0.15) is 37.8 Å². The SMILES string of the molecule is CCC1(CC)c2ccccc2-c2c1ccc1c2N(c2ccccc2)c2cc(-c3ccc4ccccc4c3)ccc2N1c1ccccc1. The predicted octanol–water partition coefficient (Wildman–Crippen LogP) is 12.8. The summed E-state index contributed by atoms with van der Waals surface area (Å²) in [4.78, 5) is 5.00. The second kappa shape index (κ2) is 10.7. The molecule has 0 saturated carbocycles. The largest absolute Gasteiger partial charge is 0.306 e. The fraction of sp³-hybridized carbons (Fsp3) is 0.111. The van der Waals surface area contributed by atoms with Gasteiger partial charge in [0.15, 0.2) is 0 Å². The maximum Gasteiger partial charge on any atom is 0.0785 e. The Bertz CT molecular complexity index is 2280. The van der Waals surface area contributed by atoms with Crippen LogP contribution in [0.5, 0.6) is 0 Å². The number of anilines is 6. The highest BCUT2D eigenvalue weighted by Gasteiger charge is 2.45. The lowest BCUT2D eigenvalue weighted by Crippen LogP contribution is -2.26. The summed E-state index contributed by atoms with van der Waals surface area (Å²) >= 11 is 0. The average Bonchev–Trinajstić information content (AvgIpc) is 3.44. The predicted molar refractivity (Wildman–Crippen MR) is 199 cm³/mol. The summed E-state index contributed by atoms with van der Waals surface area (Å²) in [5.41, 5.74) is 15.1. The van der Waals surface area contributed by atoms with Gasteiger partial charge in [-0.2, -0.15) is 0 Å². The molecule has 0 fully saturated rings. The summed E-state index contributed by atoms with van der Waals surface area (Å²) < 4.78 is 0. The van der Waals surface area contributed by atoms with Crippen molar-refractivity contribution < 1.29 is 0 Å². The molecule has 2 heteroatoms. The average molecular weight is 605 g/mol. The Morgan fingerprint density at radius 2 is 1.04 bits per heavy atom. The van der Waals surface area contributed by atoms with Crippen molar-refractivity contribution in [2.45, 2.75) is 32.1 Å². The number of rotatable bonds is 5. The van der Waals surface area contributed by atoms with Crippen LogP contribution in [0.3, 0.4) is 0 Å². The molecule has 0 amide bonds. The van der Waals surface area contributed by atoms with E-state index < -0.39 is 0 Å². The van der Waals surface area contributed by atoms with Gasteiger partial charge >= 0.3 is 0 Å². The molecule has 7 aromatic rings. The van der Waals surface area contributed by atoms with Gasteiger partial charge in [0.1, 0.15) is 0 Å². The van der Waals surface area contributed by atoms with Gasteiger partial charge in [0.05, 0.1) is 22.7 Å². The summed E-state index contributed by atoms with van der Waals surface area (Å²) in [6.45, 7) is 4.70. The highest BCUT2D eigenvalue weighted by atomic mass is 15.3. The number of fused-ring (bicyclic) bond motifs is 7. The molecule has 0 saturated heterocycles. The highest BCUT2D eigenvalue weighted by molar-refractivity contribution is 6.09. The molecule has 0 unspecified atom stereocenters. The summed E-state index contributed by atoms with van der Waals surface area (Å²) in [5, 5.41) is 2.51. The topological polar surface area (TPSA) is 6.48 Å². The van der Waals surface area contributed by atoms with E-state index >= 15 is 0 Å². The molecule has 2 nitrogen and oxygen atoms in total. The number of para-hydroxylation sites is 2. The quantitative estimate of drug-likeness (QED) is 0.193. The third-order valence-electron chi connectivity index (χ3n) is 10.6. The fourth-order valence-corrected chi connectivity index (χ4v) is 8.32. The summed E-state index contributed by atoms with van der Waals surface area (Å²) in [6, 6.07) is 58.1. The van der Waals surface area contributed by atoms with Crippen LogP contribution in [0.4, 0.5) is 34.1 Å². The van der Waals surface area contributed by atoms with Crippen molar-refractivity contribution in [1.82, 2.24) is 0 Å². The van der Waals surface area contributed by atoms with Crippen molar-refractivity contribution in [2.24, 2.45) is 0 Å². The van der Waals surface area contributed by atoms with Gasteiger partial charge in [-0.05, 0) is 100.0 Å². The van der Waals surface area contributed by atoms with E-state index in [1.54, 1.807) is 0 Å². The van der Waals surface area contributed by atoms with Crippen LogP contribution in [0.25, 0.3) is 33.0 Å². The molecular weight excluding hydrogens is 569 g/mol. The van der Waals surface area contributed by atoms with E-state index in [0.29, 0.717) is 0 Å². The standard InChI is InChI=1S/C45H36N2/c1-3-45(4-2)38-22-14-13-21-37(38)43-39(45)26-28-41-44(43)47(36-19-9-6-10-20-36)42-30-34(33-24-23-31-15-11-12-16-32(31)29-33)25-27-40(42)46(41)35-17-7-5-8-18-35/h5-30H,3-4H2,1-2H3. The maximum atomic E-state index is 2.53. The van der Waals surface area contributed by atoms with Crippen LogP contribution in [-0.4, -0.2) is 0 Å². The van der Waals surface area contributed by atoms with E-state index in [9.17, 15) is 0 Å². The van der Waals surface area contributed by atoms with Gasteiger partial charge in [-0.15, -0.1) is 0 Å². The number of nitrogens with zero attached hydrogens (tertiary/aromatic N) is 2. The lowest BCUT2D eigenvalue weighted by molar-refractivity contribution is 0.490. The Labute approximate surface area is 277 Å². The molecule has 1 heterocycles. The molecule has 0 aromatic heterocycles. The molecule has 1 aliphatic carbocycles. The first kappa shape index (κ1) is 27.7. The van der Waals surface area contributed by atoms with Crippen molar-refractivity contribution in [3.05, 3.63) is 169 Å². The van der Waals surface area contributed by atoms with Gasteiger partial charge in [-0.3, -0.25) is 0 Å². The molecule has 0 bridgehead atoms. The maximum absolute atomic E-state index is 2.53. The van der Waals surface area contributed by atoms with Crippen molar-refractivity contribution in [1.29, 1.82) is 0 Å². The summed E-state index contributed by atoms with van der Waals surface area (Å²) in [5.74, 6) is 0. The van der Waals surface area contributed by atoms with Crippen LogP contribution in [0, 0.1) is 0 Å². The normalized spacial score (nSPS) is 14.0. The molecule has 7 aromatic carbocycles. The van der Waals surface area contributed by atoms with Crippen LogP contribution in [-0.2, 0) is 5.41 Å². The second-order valence-electron chi connectivity index (χ2n) is 12.8. The lowest BCUT2D eigenvalue weighted by atomic mass is 9.74. The molecular formula is C45H36N2. The molecule has 226 valence electrons. The van der Waals surface area contributed by atoms with Crippen molar-refractivity contribution >= 4 is 44.9 Å². The molecule has 9 rings (SSSR count). The summed E-state index contributed by atoms with van der Waals surface area (Å²) in [7, 11) is 0. The van der Waals surface area contributed by atoms with Gasteiger partial charge in [0, 0.05) is 22.4 Å². The summed E-state index contributed by atoms with van der Waals surface area (Å²) in [6.07, 6.45) is 2.12. The van der Waals surface area contributed by atoms with Crippen LogP contribution >= 0.6 is 0 Å². The Hall–Kier alpha value is -5.60. The van der Waals surface area contributed by atoms with Crippen molar-refractivity contribution in [2.75, 3.05) is 9.80 Å². The van der Waals surface area contributed by atoms with Gasteiger partial charge in [0.2, 0.25) is 0 Å². The number of hydrogen-bond donors (Lipinski definition) is 0. The zero-order valence-corrected chi connectivity index (χ0v) is 26.8. The van der Waals surface area contributed by atoms with Crippen molar-refractivity contribution in [3.63, 3.8) is 0 Å². The Kier molecular flexibility index (Phi) is 6.33. The minimum atomic E-state index is -0.0197. The first-order valence-electron chi connectivity index (χ1n) is 16.8. The fourth-order valence-electron chi connectivity index (χ4n) is 8.32. The monoisotopic (exact) mass is 604 g/mol. The molecule has 47 heavy (non-hydrogen) atoms. The Balaban J connectivity index is 1.38. The van der Waals surface area contributed by atoms with E-state index in [0.717, 1.165) is 24.2 Å². The molecule has 0 radical (unpaired) electrons. The van der Waals surface area contributed by atoms with E-state index in [1.807, 2.05) is 0 Å². The van der Waals surface area contributed by atoms with E-state index in [4.69, 9.17) is 0 Å². The van der Waals surface area contributed by atoms with Crippen LogP contribution in [0.15, 0.2) is 158 Å². The van der Waals surface area contributed by atoms with E-state index in [2.05, 4.69) is 181 Å². The molecule has 0 spiro atoms. The van der Waals surface area contributed by atoms with Gasteiger partial charge in [-0.25, -0.2) is 0 Å². The smallest absolute Gasteiger partial charge is 0.0785 e.